The molecule has 73 valence electrons. The molecule has 0 N–H and O–H groups in total. The molecule has 1 aromatic carbocycles. The van der Waals surface area contributed by atoms with Crippen molar-refractivity contribution in [3.63, 3.8) is 0 Å². The van der Waals surface area contributed by atoms with Gasteiger partial charge in [0.15, 0.2) is 0 Å². The Labute approximate surface area is 94.7 Å². The Bertz CT molecular complexity index is 388. The van der Waals surface area contributed by atoms with Crippen LogP contribution in [0.4, 0.5) is 0 Å². The molecule has 0 aliphatic heterocycles. The van der Waals surface area contributed by atoms with E-state index in [1.807, 2.05) is 0 Å². The average molecular weight is 265 g/mol. The van der Waals surface area contributed by atoms with Gasteiger partial charge in [0.1, 0.15) is 0 Å². The quantitative estimate of drug-likeness (QED) is 0.714. The van der Waals surface area contributed by atoms with Crippen LogP contribution in [0.5, 0.6) is 0 Å². The number of hydrogen-bond donors (Lipinski definition) is 0. The zero-order valence-electron chi connectivity index (χ0n) is 9.39. The first-order valence-electron chi connectivity index (χ1n) is 5.19. The summed E-state index contributed by atoms with van der Waals surface area (Å²) in [7, 11) is 0. The topological polar surface area (TPSA) is 0 Å². The first kappa shape index (κ1) is 10.4. The Morgan fingerprint density at radius 3 is 2.50 bits per heavy atom. The van der Waals surface area contributed by atoms with Gasteiger partial charge in [0, 0.05) is 0 Å². The molecule has 0 amide bonds. The molecule has 1 atom stereocenters. The third-order valence-electron chi connectivity index (χ3n) is 3.07. The molecule has 0 spiro atoms. The van der Waals surface area contributed by atoms with Crippen molar-refractivity contribution in [3.05, 3.63) is 40.5 Å². The second kappa shape index (κ2) is 3.78. The molecule has 1 heteroatoms. The molecule has 2 rings (SSSR count). The fourth-order valence-electron chi connectivity index (χ4n) is 2.47. The van der Waals surface area contributed by atoms with Crippen molar-refractivity contribution in [1.82, 2.24) is 0 Å². The number of benzene rings is 1. The first-order valence-corrected chi connectivity index (χ1v) is 11.5. The molecule has 0 radical (unpaired) electrons. The van der Waals surface area contributed by atoms with Gasteiger partial charge in [0.25, 0.3) is 0 Å². The predicted octanol–water partition coefficient (Wildman–Crippen LogP) is 4.17. The van der Waals surface area contributed by atoms with E-state index in [1.165, 1.54) is 11.1 Å². The van der Waals surface area contributed by atoms with E-state index >= 15 is 0 Å². The van der Waals surface area contributed by atoms with E-state index in [0.29, 0.717) is 0 Å². The fraction of sp³-hybridized carbons (Fsp3) is 0.385. The summed E-state index contributed by atoms with van der Waals surface area (Å²) < 4.78 is 5.84. The van der Waals surface area contributed by atoms with Crippen molar-refractivity contribution in [3.8, 4) is 0 Å². The van der Waals surface area contributed by atoms with E-state index < -0.39 is 21.8 Å². The van der Waals surface area contributed by atoms with Crippen molar-refractivity contribution < 1.29 is 21.8 Å². The van der Waals surface area contributed by atoms with E-state index in [9.17, 15) is 0 Å². The third-order valence-corrected chi connectivity index (χ3v) is 7.80. The Balaban J connectivity index is 2.55. The molecule has 1 aliphatic rings. The van der Waals surface area contributed by atoms with Gasteiger partial charge in [-0.25, -0.2) is 0 Å². The molecular weight excluding hydrogens is 247 g/mol. The van der Waals surface area contributed by atoms with Gasteiger partial charge < -0.3 is 0 Å². The van der Waals surface area contributed by atoms with Crippen LogP contribution in [-0.2, 0) is 21.8 Å². The van der Waals surface area contributed by atoms with Gasteiger partial charge >= 0.3 is 95.0 Å². The van der Waals surface area contributed by atoms with E-state index in [2.05, 4.69) is 47.4 Å². The van der Waals surface area contributed by atoms with Gasteiger partial charge in [0.2, 0.25) is 0 Å². The number of allylic oxidation sites excluding steroid dienone is 1. The summed E-state index contributed by atoms with van der Waals surface area (Å²) in [5.74, 6) is 0. The molecule has 1 aliphatic carbocycles. The van der Waals surface area contributed by atoms with Crippen molar-refractivity contribution in [1.29, 1.82) is 0 Å². The second-order valence-electron chi connectivity index (χ2n) is 4.48. The minimum atomic E-state index is -1.15. The van der Waals surface area contributed by atoms with Gasteiger partial charge in [-0.05, 0) is 0 Å². The Kier molecular flexibility index (Phi) is 2.79. The standard InChI is InChI=1S/C11H11.2CH3.Zr/c1-8-6-10-5-3-4-9(2)11(10)7-8;;;/h3-7H,1-2H3;2*1H3;. The second-order valence-corrected chi connectivity index (χ2v) is 11.2. The predicted molar refractivity (Wildman–Crippen MR) is 59.3 cm³/mol. The van der Waals surface area contributed by atoms with Crippen LogP contribution in [0.2, 0.25) is 9.26 Å². The summed E-state index contributed by atoms with van der Waals surface area (Å²) in [4.78, 5) is 0. The number of hydrogen-bond acceptors (Lipinski definition) is 0. The number of aryl methyl sites for hydroxylation is 1. The molecule has 0 fully saturated rings. The molecule has 0 saturated heterocycles. The third kappa shape index (κ3) is 1.56. The summed E-state index contributed by atoms with van der Waals surface area (Å²) in [5.41, 5.74) is 6.17. The molecule has 0 nitrogen and oxygen atoms in total. The van der Waals surface area contributed by atoms with Crippen molar-refractivity contribution in [2.75, 3.05) is 0 Å². The Morgan fingerprint density at radius 1 is 1.14 bits per heavy atom. The zero-order valence-corrected chi connectivity index (χ0v) is 11.8. The van der Waals surface area contributed by atoms with Gasteiger partial charge in [-0.3, -0.25) is 0 Å². The summed E-state index contributed by atoms with van der Waals surface area (Å²) in [6.07, 6.45) is 2.41. The minimum absolute atomic E-state index is 0.840. The maximum absolute atomic E-state index is 2.50. The fourth-order valence-corrected chi connectivity index (χ4v) is 7.07. The van der Waals surface area contributed by atoms with Crippen molar-refractivity contribution in [2.45, 2.75) is 26.7 Å². The molecule has 0 bridgehead atoms. The van der Waals surface area contributed by atoms with E-state index in [-0.39, 0.29) is 0 Å². The molecule has 0 heterocycles. The summed E-state index contributed by atoms with van der Waals surface area (Å²) in [5, 5.41) is 0. The summed E-state index contributed by atoms with van der Waals surface area (Å²) in [6, 6.07) is 6.76. The summed E-state index contributed by atoms with van der Waals surface area (Å²) in [6.45, 7) is 4.52. The molecule has 14 heavy (non-hydrogen) atoms. The van der Waals surface area contributed by atoms with Crippen LogP contribution in [-0.4, -0.2) is 0 Å². The van der Waals surface area contributed by atoms with Crippen molar-refractivity contribution >= 4 is 6.08 Å². The number of fused-ring (bicyclic) bond motifs is 1. The van der Waals surface area contributed by atoms with Gasteiger partial charge in [0.05, 0.1) is 0 Å². The maximum atomic E-state index is 2.50. The SMILES string of the molecule is CC1=Cc2c(C)cccc2[CH]1[Zr]([CH3])[CH3]. The van der Waals surface area contributed by atoms with Crippen molar-refractivity contribution in [2.24, 2.45) is 0 Å². The Hall–Kier alpha value is -0.157. The average Bonchev–Trinajstić information content (AvgIpc) is 2.42. The van der Waals surface area contributed by atoms with E-state index in [0.717, 1.165) is 3.63 Å². The van der Waals surface area contributed by atoms with E-state index in [4.69, 9.17) is 0 Å². The van der Waals surface area contributed by atoms with Crippen LogP contribution in [0.25, 0.3) is 6.08 Å². The molecule has 1 unspecified atom stereocenters. The monoisotopic (exact) mass is 263 g/mol. The van der Waals surface area contributed by atoms with Crippen LogP contribution >= 0.6 is 0 Å². The van der Waals surface area contributed by atoms with Gasteiger partial charge in [-0.1, -0.05) is 0 Å². The molecule has 0 aromatic heterocycles. The summed E-state index contributed by atoms with van der Waals surface area (Å²) >= 11 is -1.15. The van der Waals surface area contributed by atoms with Gasteiger partial charge in [-0.2, -0.15) is 0 Å². The number of rotatable bonds is 1. The van der Waals surface area contributed by atoms with E-state index in [1.54, 1.807) is 11.1 Å². The van der Waals surface area contributed by atoms with Crippen LogP contribution in [0.1, 0.15) is 27.2 Å². The zero-order chi connectivity index (χ0) is 10.3. The normalized spacial score (nSPS) is 19.1. The Morgan fingerprint density at radius 2 is 1.86 bits per heavy atom. The van der Waals surface area contributed by atoms with Crippen LogP contribution in [0, 0.1) is 6.92 Å². The van der Waals surface area contributed by atoms with Crippen LogP contribution in [0.15, 0.2) is 23.8 Å². The first-order chi connectivity index (χ1) is 6.61. The molecule has 1 aromatic rings. The molecule has 0 saturated carbocycles. The van der Waals surface area contributed by atoms with Crippen LogP contribution < -0.4 is 0 Å². The molecular formula is C13H17Zr. The van der Waals surface area contributed by atoms with Crippen LogP contribution in [0.3, 0.4) is 0 Å². The van der Waals surface area contributed by atoms with Gasteiger partial charge in [-0.15, -0.1) is 0 Å².